The van der Waals surface area contributed by atoms with Gasteiger partial charge in [0.05, 0.1) is 25.2 Å². The normalized spacial score (nSPS) is 33.6. The second-order valence-electron chi connectivity index (χ2n) is 6.64. The number of hydrogen-bond donors (Lipinski definition) is 7. The van der Waals surface area contributed by atoms with E-state index >= 15 is 0 Å². The van der Waals surface area contributed by atoms with Gasteiger partial charge < -0.3 is 34.5 Å². The predicted octanol–water partition coefficient (Wildman–Crippen LogP) is -1.79. The van der Waals surface area contributed by atoms with Gasteiger partial charge in [0.15, 0.2) is 6.23 Å². The molecule has 7 N–H and O–H groups in total. The molecule has 2 fully saturated rings. The molecule has 0 aromatic carbocycles. The third kappa shape index (κ3) is 7.11. The first-order valence-corrected chi connectivity index (χ1v) is 12.9. The fourth-order valence-electron chi connectivity index (χ4n) is 2.89. The maximum atomic E-state index is 12.0. The van der Waals surface area contributed by atoms with Crippen molar-refractivity contribution < 1.29 is 71.0 Å². The Morgan fingerprint density at radius 2 is 1.74 bits per heavy atom. The number of amides is 3. The minimum absolute atomic E-state index is 0.132. The summed E-state index contributed by atoms with van der Waals surface area (Å²) >= 11 is 0. The second-order valence-corrected chi connectivity index (χ2v) is 11.1. The summed E-state index contributed by atoms with van der Waals surface area (Å²) in [4.78, 5) is 60.2. The van der Waals surface area contributed by atoms with Crippen LogP contribution in [-0.4, -0.2) is 84.8 Å². The highest BCUT2D eigenvalue weighted by atomic mass is 31.3. The summed E-state index contributed by atoms with van der Waals surface area (Å²) in [6.45, 7) is -0.280. The second kappa shape index (κ2) is 9.61. The first-order chi connectivity index (χ1) is 14.1. The number of ether oxygens (including phenoxy) is 1. The largest absolute Gasteiger partial charge is 0.490 e. The Morgan fingerprint density at radius 3 is 2.29 bits per heavy atom. The van der Waals surface area contributed by atoms with E-state index in [9.17, 15) is 38.4 Å². The van der Waals surface area contributed by atoms with Crippen molar-refractivity contribution in [3.63, 3.8) is 0 Å². The van der Waals surface area contributed by atoms with Crippen LogP contribution in [0.25, 0.3) is 0 Å². The van der Waals surface area contributed by atoms with Crippen molar-refractivity contribution in [1.29, 1.82) is 0 Å². The first kappa shape index (κ1) is 26.5. The summed E-state index contributed by atoms with van der Waals surface area (Å²) in [6, 6.07) is -0.877. The van der Waals surface area contributed by atoms with Gasteiger partial charge in [0, 0.05) is 12.5 Å². The molecule has 31 heavy (non-hydrogen) atoms. The van der Waals surface area contributed by atoms with Crippen molar-refractivity contribution in [2.45, 2.75) is 25.4 Å². The lowest BCUT2D eigenvalue weighted by molar-refractivity contribution is -0.130. The van der Waals surface area contributed by atoms with Gasteiger partial charge in [-0.05, 0) is 0 Å². The van der Waals surface area contributed by atoms with Crippen molar-refractivity contribution in [3.05, 3.63) is 0 Å². The highest BCUT2D eigenvalue weighted by Crippen LogP contribution is 2.66. The van der Waals surface area contributed by atoms with Gasteiger partial charge in [-0.2, -0.15) is 8.62 Å². The maximum absolute atomic E-state index is 12.0. The minimum atomic E-state index is -5.72. The van der Waals surface area contributed by atoms with Crippen molar-refractivity contribution in [1.82, 2.24) is 10.2 Å². The number of nitrogens with one attached hydrogen (secondary N) is 1. The number of urea groups is 1. The molecule has 0 spiro atoms. The van der Waals surface area contributed by atoms with Crippen LogP contribution >= 0.6 is 23.5 Å². The number of aliphatic hydroxyl groups is 2. The molecule has 2 heterocycles. The summed E-state index contributed by atoms with van der Waals surface area (Å²) < 4.78 is 50.8. The van der Waals surface area contributed by atoms with E-state index in [0.29, 0.717) is 0 Å². The summed E-state index contributed by atoms with van der Waals surface area (Å²) in [5, 5.41) is 21.9. The van der Waals surface area contributed by atoms with Crippen LogP contribution in [0.1, 0.15) is 6.92 Å². The Morgan fingerprint density at radius 1 is 1.13 bits per heavy atom. The summed E-state index contributed by atoms with van der Waals surface area (Å²) in [6.07, 6.45) is -4.22. The van der Waals surface area contributed by atoms with E-state index in [-0.39, 0.29) is 6.54 Å². The fourth-order valence-corrected chi connectivity index (χ4v) is 5.92. The summed E-state index contributed by atoms with van der Waals surface area (Å²) in [5.41, 5.74) is 0. The number of phosphoric acid groups is 3. The highest BCUT2D eigenvalue weighted by Gasteiger charge is 2.50. The molecule has 7 atom stereocenters. The minimum Gasteiger partial charge on any atom is -0.396 e. The molecule has 0 radical (unpaired) electrons. The van der Waals surface area contributed by atoms with Gasteiger partial charge >= 0.3 is 29.5 Å². The maximum Gasteiger partial charge on any atom is 0.490 e. The topological polar surface area (TPSA) is 259 Å². The molecule has 0 aliphatic carbocycles. The predicted molar refractivity (Wildman–Crippen MR) is 94.5 cm³/mol. The van der Waals surface area contributed by atoms with Crippen LogP contribution in [0.5, 0.6) is 0 Å². The molecular weight excluding hydrogens is 493 g/mol. The number of aliphatic hydroxyl groups excluding tert-OH is 2. The van der Waals surface area contributed by atoms with Crippen molar-refractivity contribution in [2.75, 3.05) is 19.8 Å². The molecule has 2 rings (SSSR count). The fraction of sp³-hybridized carbons (Fsp3) is 0.818. The van der Waals surface area contributed by atoms with Gasteiger partial charge in [0.25, 0.3) is 0 Å². The lowest BCUT2D eigenvalue weighted by Crippen LogP contribution is -2.59. The molecule has 0 aromatic rings. The lowest BCUT2D eigenvalue weighted by Gasteiger charge is -2.35. The average Bonchev–Trinajstić information content (AvgIpc) is 2.88. The number of carbonyl (C=O) groups is 2. The van der Waals surface area contributed by atoms with Gasteiger partial charge in [-0.1, -0.05) is 6.92 Å². The van der Waals surface area contributed by atoms with E-state index in [1.807, 2.05) is 5.32 Å². The zero-order valence-electron chi connectivity index (χ0n) is 15.7. The van der Waals surface area contributed by atoms with Gasteiger partial charge in [-0.15, -0.1) is 0 Å². The quantitative estimate of drug-likeness (QED) is 0.168. The van der Waals surface area contributed by atoms with Crippen molar-refractivity contribution >= 4 is 35.4 Å². The number of imide groups is 1. The Hall–Kier alpha value is -0.770. The zero-order valence-corrected chi connectivity index (χ0v) is 18.3. The van der Waals surface area contributed by atoms with E-state index in [1.165, 1.54) is 6.92 Å². The molecule has 2 aliphatic heterocycles. The lowest BCUT2D eigenvalue weighted by atomic mass is 9.98. The van der Waals surface area contributed by atoms with Crippen LogP contribution in [0.3, 0.4) is 0 Å². The number of nitrogens with zero attached hydrogens (tertiary/aromatic N) is 1. The number of rotatable bonds is 9. The van der Waals surface area contributed by atoms with E-state index in [0.717, 1.165) is 4.90 Å². The third-order valence-electron chi connectivity index (χ3n) is 4.27. The molecule has 0 aromatic heterocycles. The zero-order chi connectivity index (χ0) is 23.8. The van der Waals surface area contributed by atoms with Gasteiger partial charge in [-0.25, -0.2) is 18.5 Å². The van der Waals surface area contributed by atoms with E-state index in [4.69, 9.17) is 19.4 Å². The molecule has 0 saturated carbocycles. The standard InChI is InChI=1S/C11H21N2O15P3/c1-5-2-13(11(17)12-9(5)16)10-8(15)6(3-14)7(26-10)4-25-30(21,22)28-31(23,24)27-29(18,19)20/h5-8,10,14-15H,2-4H2,1H3,(H,21,22)(H,23,24)(H,12,16,17)(H2,18,19,20)/t5?,6-,7-,8-,10-/m1/s1. The van der Waals surface area contributed by atoms with E-state index < -0.39 is 78.9 Å². The molecule has 3 amide bonds. The Balaban J connectivity index is 2.05. The first-order valence-electron chi connectivity index (χ1n) is 8.39. The SMILES string of the molecule is CC1CN([C@@H]2O[C@H](COP(=O)(O)OP(=O)(O)OP(=O)(O)O)[C@@H](CO)[C@H]2O)C(=O)NC1=O. The molecule has 0 bridgehead atoms. The molecule has 2 saturated heterocycles. The van der Waals surface area contributed by atoms with Crippen LogP contribution in [0.15, 0.2) is 0 Å². The number of hydrogen-bond acceptors (Lipinski definition) is 11. The highest BCUT2D eigenvalue weighted by molar-refractivity contribution is 7.66. The Kier molecular flexibility index (Phi) is 8.21. The van der Waals surface area contributed by atoms with Crippen LogP contribution in [0.2, 0.25) is 0 Å². The van der Waals surface area contributed by atoms with Crippen LogP contribution in [-0.2, 0) is 36.4 Å². The monoisotopic (exact) mass is 514 g/mol. The molecule has 17 nitrogen and oxygen atoms in total. The van der Waals surface area contributed by atoms with Crippen LogP contribution in [0, 0.1) is 11.8 Å². The molecule has 180 valence electrons. The van der Waals surface area contributed by atoms with Crippen molar-refractivity contribution in [3.8, 4) is 0 Å². The van der Waals surface area contributed by atoms with E-state index in [1.54, 1.807) is 0 Å². The molecule has 2 aliphatic rings. The molecule has 20 heteroatoms. The summed E-state index contributed by atoms with van der Waals surface area (Å²) in [5.74, 6) is -2.34. The van der Waals surface area contributed by atoms with Gasteiger partial charge in [-0.3, -0.25) is 19.5 Å². The Labute approximate surface area is 174 Å². The molecule has 3 unspecified atom stereocenters. The number of phosphoric ester groups is 1. The third-order valence-corrected chi connectivity index (χ3v) is 8.07. The Bertz CT molecular complexity index is 846. The van der Waals surface area contributed by atoms with Crippen LogP contribution in [0.4, 0.5) is 4.79 Å². The smallest absolute Gasteiger partial charge is 0.396 e. The summed E-state index contributed by atoms with van der Waals surface area (Å²) in [7, 11) is -16.7. The van der Waals surface area contributed by atoms with Crippen LogP contribution < -0.4 is 5.32 Å². The molecular formula is C11H21N2O15P3. The van der Waals surface area contributed by atoms with E-state index in [2.05, 4.69) is 13.1 Å². The average molecular weight is 514 g/mol. The van der Waals surface area contributed by atoms with Crippen molar-refractivity contribution in [2.24, 2.45) is 11.8 Å². The van der Waals surface area contributed by atoms with Gasteiger partial charge in [0.1, 0.15) is 6.10 Å². The van der Waals surface area contributed by atoms with Gasteiger partial charge in [0.2, 0.25) is 5.91 Å². The number of carbonyl (C=O) groups excluding carboxylic acids is 2.